The van der Waals surface area contributed by atoms with Crippen LogP contribution in [0, 0.1) is 0 Å². The van der Waals surface area contributed by atoms with Crippen LogP contribution in [0.15, 0.2) is 0 Å². The van der Waals surface area contributed by atoms with Gasteiger partial charge in [-0.25, -0.2) is 0 Å². The molecular weight excluding hydrogens is 152 g/mol. The second-order valence-corrected chi connectivity index (χ2v) is 4.06. The number of hydrogen-bond donors (Lipinski definition) is 1. The molecule has 3 heteroatoms. The standard InChI is InChI=1S/C9H16N2O/c1-11-5-3-2-4-9(11)6-8(12)10-7-9/h2-7H2,1H3,(H,10,12). The molecule has 0 aromatic rings. The number of rotatable bonds is 0. The third-order valence-electron chi connectivity index (χ3n) is 3.30. The molecule has 12 heavy (non-hydrogen) atoms. The summed E-state index contributed by atoms with van der Waals surface area (Å²) < 4.78 is 0. The molecule has 1 N–H and O–H groups in total. The summed E-state index contributed by atoms with van der Waals surface area (Å²) in [5, 5.41) is 2.93. The number of carbonyl (C=O) groups is 1. The summed E-state index contributed by atoms with van der Waals surface area (Å²) in [6, 6.07) is 0. The van der Waals surface area contributed by atoms with Crippen LogP contribution in [0.2, 0.25) is 0 Å². The van der Waals surface area contributed by atoms with Crippen LogP contribution in [0.1, 0.15) is 25.7 Å². The van der Waals surface area contributed by atoms with Gasteiger partial charge in [-0.3, -0.25) is 9.69 Å². The molecule has 2 aliphatic rings. The van der Waals surface area contributed by atoms with E-state index in [0.717, 1.165) is 13.1 Å². The van der Waals surface area contributed by atoms with E-state index >= 15 is 0 Å². The number of piperidine rings is 1. The van der Waals surface area contributed by atoms with E-state index in [0.29, 0.717) is 6.42 Å². The average Bonchev–Trinajstić information content (AvgIpc) is 2.41. The van der Waals surface area contributed by atoms with Crippen LogP contribution in [-0.4, -0.2) is 36.5 Å². The van der Waals surface area contributed by atoms with Gasteiger partial charge in [-0.2, -0.15) is 0 Å². The van der Waals surface area contributed by atoms with Crippen molar-refractivity contribution in [1.29, 1.82) is 0 Å². The smallest absolute Gasteiger partial charge is 0.221 e. The minimum absolute atomic E-state index is 0.176. The minimum Gasteiger partial charge on any atom is -0.354 e. The van der Waals surface area contributed by atoms with Crippen molar-refractivity contribution in [3.63, 3.8) is 0 Å². The van der Waals surface area contributed by atoms with Crippen molar-refractivity contribution in [2.24, 2.45) is 0 Å². The Hall–Kier alpha value is -0.570. The molecule has 1 unspecified atom stereocenters. The molecule has 0 radical (unpaired) electrons. The summed E-state index contributed by atoms with van der Waals surface area (Å²) in [4.78, 5) is 13.5. The Bertz CT molecular complexity index is 205. The molecule has 68 valence electrons. The molecule has 3 nitrogen and oxygen atoms in total. The molecule has 1 spiro atoms. The SMILES string of the molecule is CN1CCCCC12CNC(=O)C2. The highest BCUT2D eigenvalue weighted by Crippen LogP contribution is 2.32. The van der Waals surface area contributed by atoms with E-state index in [1.54, 1.807) is 0 Å². The molecule has 0 aromatic carbocycles. The molecule has 2 saturated heterocycles. The third kappa shape index (κ3) is 1.12. The molecule has 2 rings (SSSR count). The molecule has 2 aliphatic heterocycles. The van der Waals surface area contributed by atoms with Crippen LogP contribution in [-0.2, 0) is 4.79 Å². The zero-order valence-electron chi connectivity index (χ0n) is 7.60. The lowest BCUT2D eigenvalue weighted by Gasteiger charge is -2.41. The van der Waals surface area contributed by atoms with Crippen molar-refractivity contribution in [2.75, 3.05) is 20.1 Å². The van der Waals surface area contributed by atoms with Gasteiger partial charge in [0.1, 0.15) is 0 Å². The van der Waals surface area contributed by atoms with Gasteiger partial charge in [-0.1, -0.05) is 6.42 Å². The molecule has 1 atom stereocenters. The Morgan fingerprint density at radius 2 is 2.33 bits per heavy atom. The van der Waals surface area contributed by atoms with Crippen LogP contribution in [0.5, 0.6) is 0 Å². The van der Waals surface area contributed by atoms with E-state index < -0.39 is 0 Å². The summed E-state index contributed by atoms with van der Waals surface area (Å²) in [5.41, 5.74) is 0.176. The second-order valence-electron chi connectivity index (χ2n) is 4.06. The Labute approximate surface area is 73.1 Å². The number of hydrogen-bond acceptors (Lipinski definition) is 2. The van der Waals surface area contributed by atoms with Gasteiger partial charge in [0.25, 0.3) is 0 Å². The number of carbonyl (C=O) groups excluding carboxylic acids is 1. The van der Waals surface area contributed by atoms with Crippen molar-refractivity contribution in [3.05, 3.63) is 0 Å². The van der Waals surface area contributed by atoms with E-state index in [4.69, 9.17) is 0 Å². The Morgan fingerprint density at radius 3 is 2.92 bits per heavy atom. The lowest BCUT2D eigenvalue weighted by atomic mass is 9.86. The molecule has 0 aromatic heterocycles. The molecule has 1 amide bonds. The van der Waals surface area contributed by atoms with Gasteiger partial charge in [-0.05, 0) is 26.4 Å². The summed E-state index contributed by atoms with van der Waals surface area (Å²) in [7, 11) is 2.14. The van der Waals surface area contributed by atoms with Gasteiger partial charge in [0, 0.05) is 18.5 Å². The zero-order valence-corrected chi connectivity index (χ0v) is 7.60. The molecule has 0 bridgehead atoms. The summed E-state index contributed by atoms with van der Waals surface area (Å²) in [6.45, 7) is 2.01. The van der Waals surface area contributed by atoms with Crippen molar-refractivity contribution < 1.29 is 4.79 Å². The van der Waals surface area contributed by atoms with E-state index in [9.17, 15) is 4.79 Å². The lowest BCUT2D eigenvalue weighted by molar-refractivity contribution is -0.120. The van der Waals surface area contributed by atoms with Gasteiger partial charge in [0.2, 0.25) is 5.91 Å². The summed E-state index contributed by atoms with van der Waals surface area (Å²) in [6.07, 6.45) is 4.46. The molecule has 2 heterocycles. The fraction of sp³-hybridized carbons (Fsp3) is 0.889. The van der Waals surface area contributed by atoms with Crippen LogP contribution in [0.25, 0.3) is 0 Å². The fourth-order valence-corrected chi connectivity index (χ4v) is 2.36. The zero-order chi connectivity index (χ0) is 8.60. The number of nitrogens with zero attached hydrogens (tertiary/aromatic N) is 1. The lowest BCUT2D eigenvalue weighted by Crippen LogP contribution is -2.51. The molecule has 0 aliphatic carbocycles. The maximum Gasteiger partial charge on any atom is 0.221 e. The van der Waals surface area contributed by atoms with Crippen molar-refractivity contribution in [3.8, 4) is 0 Å². The summed E-state index contributed by atoms with van der Waals surface area (Å²) >= 11 is 0. The first-order valence-corrected chi connectivity index (χ1v) is 4.71. The minimum atomic E-state index is 0.176. The highest BCUT2D eigenvalue weighted by atomic mass is 16.2. The maximum atomic E-state index is 11.1. The van der Waals surface area contributed by atoms with E-state index in [1.165, 1.54) is 19.3 Å². The Kier molecular flexibility index (Phi) is 1.83. The molecule has 2 fully saturated rings. The number of likely N-dealkylation sites (tertiary alicyclic amines) is 1. The topological polar surface area (TPSA) is 32.3 Å². The molecular formula is C9H16N2O. The van der Waals surface area contributed by atoms with E-state index in [1.807, 2.05) is 0 Å². The van der Waals surface area contributed by atoms with Crippen molar-refractivity contribution in [1.82, 2.24) is 10.2 Å². The highest BCUT2D eigenvalue weighted by Gasteiger charge is 2.42. The maximum absolute atomic E-state index is 11.1. The third-order valence-corrected chi connectivity index (χ3v) is 3.30. The van der Waals surface area contributed by atoms with Crippen LogP contribution in [0.3, 0.4) is 0 Å². The Balaban J connectivity index is 2.12. The van der Waals surface area contributed by atoms with Crippen LogP contribution in [0.4, 0.5) is 0 Å². The van der Waals surface area contributed by atoms with Gasteiger partial charge >= 0.3 is 0 Å². The van der Waals surface area contributed by atoms with Crippen LogP contribution < -0.4 is 5.32 Å². The van der Waals surface area contributed by atoms with Gasteiger partial charge in [-0.15, -0.1) is 0 Å². The summed E-state index contributed by atoms with van der Waals surface area (Å²) in [5.74, 6) is 0.226. The first-order valence-electron chi connectivity index (χ1n) is 4.71. The number of likely N-dealkylation sites (N-methyl/N-ethyl adjacent to an activating group) is 1. The average molecular weight is 168 g/mol. The quantitative estimate of drug-likeness (QED) is 0.566. The van der Waals surface area contributed by atoms with Gasteiger partial charge in [0.15, 0.2) is 0 Å². The Morgan fingerprint density at radius 1 is 1.50 bits per heavy atom. The van der Waals surface area contributed by atoms with Crippen molar-refractivity contribution >= 4 is 5.91 Å². The van der Waals surface area contributed by atoms with E-state index in [-0.39, 0.29) is 11.4 Å². The van der Waals surface area contributed by atoms with Crippen LogP contribution >= 0.6 is 0 Å². The monoisotopic (exact) mass is 168 g/mol. The normalized spacial score (nSPS) is 37.2. The predicted molar refractivity (Wildman–Crippen MR) is 46.8 cm³/mol. The van der Waals surface area contributed by atoms with E-state index in [2.05, 4.69) is 17.3 Å². The fourth-order valence-electron chi connectivity index (χ4n) is 2.36. The van der Waals surface area contributed by atoms with Crippen molar-refractivity contribution in [2.45, 2.75) is 31.2 Å². The largest absolute Gasteiger partial charge is 0.354 e. The first-order chi connectivity index (χ1) is 5.73. The second kappa shape index (κ2) is 2.73. The number of amides is 1. The highest BCUT2D eigenvalue weighted by molar-refractivity contribution is 5.80. The van der Waals surface area contributed by atoms with Gasteiger partial charge in [0.05, 0.1) is 0 Å². The predicted octanol–water partition coefficient (Wildman–Crippen LogP) is 0.361. The first kappa shape index (κ1) is 8.05. The molecule has 0 saturated carbocycles. The number of nitrogens with one attached hydrogen (secondary N) is 1. The van der Waals surface area contributed by atoms with Gasteiger partial charge < -0.3 is 5.32 Å².